The molecule has 2 aliphatic carbocycles. The minimum absolute atomic E-state index is 0.0469. The summed E-state index contributed by atoms with van der Waals surface area (Å²) < 4.78 is 88.1. The third-order valence-corrected chi connectivity index (χ3v) is 7.09. The van der Waals surface area contributed by atoms with E-state index >= 15 is 0 Å². The van der Waals surface area contributed by atoms with Crippen molar-refractivity contribution in [3.05, 3.63) is 58.4 Å². The molecule has 0 spiro atoms. The van der Waals surface area contributed by atoms with Crippen molar-refractivity contribution in [3.8, 4) is 0 Å². The molecule has 3 unspecified atom stereocenters. The van der Waals surface area contributed by atoms with Gasteiger partial charge in [-0.2, -0.15) is 0 Å². The molecular formula is C23H25ClF4N2O4S. The van der Waals surface area contributed by atoms with Gasteiger partial charge in [-0.3, -0.25) is 9.69 Å². The van der Waals surface area contributed by atoms with Crippen LogP contribution in [0.3, 0.4) is 0 Å². The van der Waals surface area contributed by atoms with Gasteiger partial charge in [0.2, 0.25) is 10.0 Å². The van der Waals surface area contributed by atoms with Crippen LogP contribution in [0.4, 0.5) is 17.6 Å². The number of benzene rings is 1. The molecule has 192 valence electrons. The lowest BCUT2D eigenvalue weighted by atomic mass is 9.86. The molecular weight excluding hydrogens is 512 g/mol. The second-order valence-corrected chi connectivity index (χ2v) is 11.6. The first kappa shape index (κ1) is 26.1. The molecule has 0 aromatic heterocycles. The summed E-state index contributed by atoms with van der Waals surface area (Å²) in [5, 5.41) is 0.125. The Kier molecular flexibility index (Phi) is 7.09. The number of amides is 1. The third kappa shape index (κ3) is 6.44. The summed E-state index contributed by atoms with van der Waals surface area (Å²) in [6.45, 7) is -0.397. The molecule has 6 nitrogen and oxygen atoms in total. The molecule has 1 N–H and O–H groups in total. The topological polar surface area (TPSA) is 75.7 Å². The smallest absolute Gasteiger partial charge is 0.263 e. The summed E-state index contributed by atoms with van der Waals surface area (Å²) in [5.74, 6) is -4.92. The Morgan fingerprint density at radius 3 is 2.66 bits per heavy atom. The van der Waals surface area contributed by atoms with Crippen LogP contribution in [0, 0.1) is 11.7 Å². The van der Waals surface area contributed by atoms with E-state index in [-0.39, 0.29) is 24.0 Å². The van der Waals surface area contributed by atoms with Crippen molar-refractivity contribution in [2.45, 2.75) is 49.6 Å². The zero-order chi connectivity index (χ0) is 25.6. The average molecular weight is 537 g/mol. The third-order valence-electron chi connectivity index (χ3n) is 6.18. The van der Waals surface area contributed by atoms with E-state index in [9.17, 15) is 30.8 Å². The van der Waals surface area contributed by atoms with E-state index in [2.05, 4.69) is 0 Å². The number of sulfonamides is 1. The number of allylic oxidation sites excluding steroid dienone is 1. The zero-order valence-corrected chi connectivity index (χ0v) is 20.4. The quantitative estimate of drug-likeness (QED) is 0.424. The Bertz CT molecular complexity index is 1170. The summed E-state index contributed by atoms with van der Waals surface area (Å²) in [6.07, 6.45) is 2.45. The van der Waals surface area contributed by atoms with Crippen molar-refractivity contribution in [3.63, 3.8) is 0 Å². The van der Waals surface area contributed by atoms with E-state index in [1.54, 1.807) is 4.72 Å². The predicted molar refractivity (Wildman–Crippen MR) is 122 cm³/mol. The fourth-order valence-corrected chi connectivity index (χ4v) is 5.29. The van der Waals surface area contributed by atoms with Gasteiger partial charge in [0.25, 0.3) is 11.8 Å². The van der Waals surface area contributed by atoms with Crippen molar-refractivity contribution in [2.24, 2.45) is 5.92 Å². The summed E-state index contributed by atoms with van der Waals surface area (Å²) in [5.41, 5.74) is -1.27. The molecule has 1 saturated carbocycles. The van der Waals surface area contributed by atoms with Crippen molar-refractivity contribution in [1.82, 2.24) is 9.62 Å². The molecule has 0 bridgehead atoms. The molecule has 1 heterocycles. The highest BCUT2D eigenvalue weighted by Crippen LogP contribution is 2.48. The number of rotatable bonds is 7. The second-order valence-electron chi connectivity index (χ2n) is 9.40. The minimum Gasteiger partial charge on any atom is -0.362 e. The summed E-state index contributed by atoms with van der Waals surface area (Å²) in [4.78, 5) is 13.9. The fourth-order valence-electron chi connectivity index (χ4n) is 4.61. The van der Waals surface area contributed by atoms with Crippen LogP contribution in [0.2, 0.25) is 5.02 Å². The van der Waals surface area contributed by atoms with Gasteiger partial charge in [-0.1, -0.05) is 17.7 Å². The summed E-state index contributed by atoms with van der Waals surface area (Å²) >= 11 is 6.07. The Hall–Kier alpha value is -1.95. The van der Waals surface area contributed by atoms with E-state index in [0.717, 1.165) is 18.4 Å². The Morgan fingerprint density at radius 2 is 2.03 bits per heavy atom. The Labute approximate surface area is 206 Å². The van der Waals surface area contributed by atoms with Gasteiger partial charge in [0, 0.05) is 24.5 Å². The molecule has 4 rings (SSSR count). The van der Waals surface area contributed by atoms with E-state index in [1.807, 2.05) is 0 Å². The van der Waals surface area contributed by atoms with Crippen LogP contribution in [-0.4, -0.2) is 62.4 Å². The van der Waals surface area contributed by atoms with E-state index in [0.29, 0.717) is 18.4 Å². The lowest BCUT2D eigenvalue weighted by molar-refractivity contribution is -0.154. The fraction of sp³-hybridized carbons (Fsp3) is 0.522. The largest absolute Gasteiger partial charge is 0.362 e. The minimum atomic E-state index is -3.94. The zero-order valence-electron chi connectivity index (χ0n) is 18.8. The number of carbonyl (C=O) groups excluding carboxylic acids is 1. The van der Waals surface area contributed by atoms with Crippen LogP contribution in [0.25, 0.3) is 0 Å². The highest BCUT2D eigenvalue weighted by atomic mass is 35.5. The second kappa shape index (κ2) is 9.49. The number of likely N-dealkylation sites (tertiary alicyclic amines) is 1. The van der Waals surface area contributed by atoms with Gasteiger partial charge in [0.05, 0.1) is 24.5 Å². The lowest BCUT2D eigenvalue weighted by Crippen LogP contribution is -2.52. The predicted octanol–water partition coefficient (Wildman–Crippen LogP) is 3.76. The van der Waals surface area contributed by atoms with Gasteiger partial charge < -0.3 is 4.74 Å². The number of ether oxygens (including phenoxy) is 1. The van der Waals surface area contributed by atoms with Gasteiger partial charge in [-0.15, -0.1) is 0 Å². The van der Waals surface area contributed by atoms with Gasteiger partial charge in [0.15, 0.2) is 0 Å². The Balaban J connectivity index is 1.57. The van der Waals surface area contributed by atoms with Crippen LogP contribution < -0.4 is 4.72 Å². The number of nitrogens with zero attached hydrogens (tertiary/aromatic N) is 1. The first-order chi connectivity index (χ1) is 16.3. The summed E-state index contributed by atoms with van der Waals surface area (Å²) in [7, 11) is -3.94. The maximum Gasteiger partial charge on any atom is 0.263 e. The van der Waals surface area contributed by atoms with Gasteiger partial charge in [-0.05, 0) is 54.7 Å². The van der Waals surface area contributed by atoms with Crippen molar-refractivity contribution >= 4 is 27.5 Å². The molecule has 1 saturated heterocycles. The van der Waals surface area contributed by atoms with Crippen molar-refractivity contribution in [2.75, 3.05) is 19.3 Å². The monoisotopic (exact) mass is 536 g/mol. The number of alkyl halides is 3. The standard InChI is InChI=1S/C23H25ClF4N2O4S/c1-35(32,33)29-21(31)18-10-22(15-3-4-15,7-6-20(18)26)34-17-9-23(27,28)13-30(12-17)11-14-2-5-16(25)8-19(14)24/h2,5-8,10,15,17,20H,3-4,9,11-13H2,1H3,(H,29,31). The van der Waals surface area contributed by atoms with Gasteiger partial charge in [-0.25, -0.2) is 30.7 Å². The number of hydrogen-bond acceptors (Lipinski definition) is 5. The highest BCUT2D eigenvalue weighted by Gasteiger charge is 2.50. The van der Waals surface area contributed by atoms with E-state index in [1.165, 1.54) is 29.2 Å². The molecule has 3 atom stereocenters. The molecule has 1 aromatic rings. The first-order valence-electron chi connectivity index (χ1n) is 11.1. The molecule has 12 heteroatoms. The molecule has 0 radical (unpaired) electrons. The number of hydrogen-bond donors (Lipinski definition) is 1. The first-order valence-corrected chi connectivity index (χ1v) is 13.3. The van der Waals surface area contributed by atoms with E-state index in [4.69, 9.17) is 16.3 Å². The van der Waals surface area contributed by atoms with Crippen LogP contribution >= 0.6 is 11.6 Å². The average Bonchev–Trinajstić information content (AvgIpc) is 3.55. The molecule has 2 fully saturated rings. The summed E-state index contributed by atoms with van der Waals surface area (Å²) in [6, 6.07) is 3.75. The van der Waals surface area contributed by atoms with Gasteiger partial charge in [0.1, 0.15) is 17.6 Å². The van der Waals surface area contributed by atoms with Crippen molar-refractivity contribution in [1.29, 1.82) is 0 Å². The van der Waals surface area contributed by atoms with Crippen LogP contribution in [0.5, 0.6) is 0 Å². The molecule has 3 aliphatic rings. The SMILES string of the molecule is CS(=O)(=O)NC(=O)C1=CC(OC2CN(Cc3ccc(F)cc3Cl)CC(F)(F)C2)(C2CC2)C=CC1F. The number of carbonyl (C=O) groups is 1. The normalized spacial score (nSPS) is 29.0. The molecule has 35 heavy (non-hydrogen) atoms. The highest BCUT2D eigenvalue weighted by molar-refractivity contribution is 7.89. The molecule has 1 aliphatic heterocycles. The lowest BCUT2D eigenvalue weighted by Gasteiger charge is -2.42. The number of piperidine rings is 1. The van der Waals surface area contributed by atoms with Crippen LogP contribution in [-0.2, 0) is 26.1 Å². The van der Waals surface area contributed by atoms with Crippen molar-refractivity contribution < 1.29 is 35.5 Å². The maximum atomic E-state index is 14.7. The number of halogens is 5. The van der Waals surface area contributed by atoms with E-state index < -0.39 is 64.1 Å². The van der Waals surface area contributed by atoms with Gasteiger partial charge >= 0.3 is 0 Å². The number of nitrogens with one attached hydrogen (secondary N) is 1. The van der Waals surface area contributed by atoms with Crippen LogP contribution in [0.15, 0.2) is 42.0 Å². The maximum absolute atomic E-state index is 14.7. The molecule has 1 amide bonds. The molecule has 1 aromatic carbocycles. The Morgan fingerprint density at radius 1 is 1.31 bits per heavy atom. The van der Waals surface area contributed by atoms with Crippen LogP contribution in [0.1, 0.15) is 24.8 Å².